The average Bonchev–Trinajstić information content (AvgIpc) is 3.13. The molecule has 6 heteroatoms. The third-order valence-electron chi connectivity index (χ3n) is 4.89. The van der Waals surface area contributed by atoms with E-state index in [2.05, 4.69) is 50.1 Å². The molecule has 1 N–H and O–H groups in total. The van der Waals surface area contributed by atoms with Gasteiger partial charge in [0.2, 0.25) is 0 Å². The minimum Gasteiger partial charge on any atom is -0.469 e. The van der Waals surface area contributed by atoms with Crippen LogP contribution in [0.15, 0.2) is 54.9 Å². The van der Waals surface area contributed by atoms with Gasteiger partial charge in [-0.15, -0.1) is 0 Å². The van der Waals surface area contributed by atoms with Gasteiger partial charge in [0.1, 0.15) is 6.33 Å². The summed E-state index contributed by atoms with van der Waals surface area (Å²) in [6.07, 6.45) is 2.24. The number of hydrogen-bond donors (Lipinski definition) is 1. The Morgan fingerprint density at radius 1 is 1.19 bits per heavy atom. The third kappa shape index (κ3) is 3.15. The zero-order valence-electron chi connectivity index (χ0n) is 14.8. The normalized spacial score (nSPS) is 17.4. The van der Waals surface area contributed by atoms with Gasteiger partial charge in [0.25, 0.3) is 0 Å². The third-order valence-corrected chi connectivity index (χ3v) is 4.89. The molecule has 1 aliphatic heterocycles. The van der Waals surface area contributed by atoms with E-state index in [1.54, 1.807) is 0 Å². The van der Waals surface area contributed by atoms with Gasteiger partial charge in [0, 0.05) is 31.0 Å². The average molecular weight is 350 g/mol. The van der Waals surface area contributed by atoms with Crippen molar-refractivity contribution in [3.8, 4) is 5.69 Å². The standard InChI is InChI=1S/C20H22N4O2/c1-26-20(25)12-17-13-21-10-11-23(17)15-6-8-16(9-7-15)24-14-22-18-4-2-3-5-19(18)24/h2-9,14,17,21H,10-13H2,1H3. The first kappa shape index (κ1) is 16.6. The number of carbonyl (C=O) groups is 1. The van der Waals surface area contributed by atoms with Crippen molar-refractivity contribution < 1.29 is 9.53 Å². The number of fused-ring (bicyclic) bond motifs is 1. The van der Waals surface area contributed by atoms with Gasteiger partial charge in [-0.1, -0.05) is 12.1 Å². The molecular formula is C20H22N4O2. The van der Waals surface area contributed by atoms with Crippen LogP contribution in [0.2, 0.25) is 0 Å². The van der Waals surface area contributed by atoms with E-state index in [0.29, 0.717) is 6.42 Å². The number of anilines is 1. The number of piperazine rings is 1. The number of imidazole rings is 1. The maximum absolute atomic E-state index is 11.7. The topological polar surface area (TPSA) is 59.4 Å². The van der Waals surface area contributed by atoms with E-state index in [1.807, 2.05) is 24.5 Å². The van der Waals surface area contributed by atoms with Crippen LogP contribution >= 0.6 is 0 Å². The van der Waals surface area contributed by atoms with Crippen molar-refractivity contribution in [1.29, 1.82) is 0 Å². The maximum Gasteiger partial charge on any atom is 0.307 e. The Labute approximate surface area is 152 Å². The fourth-order valence-corrected chi connectivity index (χ4v) is 3.53. The highest BCUT2D eigenvalue weighted by Gasteiger charge is 2.25. The minimum atomic E-state index is -0.176. The molecule has 0 amide bonds. The Bertz CT molecular complexity index is 904. The monoisotopic (exact) mass is 350 g/mol. The number of rotatable bonds is 4. The van der Waals surface area contributed by atoms with Crippen molar-refractivity contribution in [3.63, 3.8) is 0 Å². The van der Waals surface area contributed by atoms with Crippen molar-refractivity contribution in [2.75, 3.05) is 31.6 Å². The van der Waals surface area contributed by atoms with E-state index in [-0.39, 0.29) is 12.0 Å². The molecule has 2 heterocycles. The van der Waals surface area contributed by atoms with Crippen LogP contribution in [0.4, 0.5) is 5.69 Å². The minimum absolute atomic E-state index is 0.108. The van der Waals surface area contributed by atoms with Crippen molar-refractivity contribution in [1.82, 2.24) is 14.9 Å². The van der Waals surface area contributed by atoms with E-state index in [9.17, 15) is 4.79 Å². The molecule has 1 atom stereocenters. The van der Waals surface area contributed by atoms with E-state index in [0.717, 1.165) is 42.0 Å². The lowest BCUT2D eigenvalue weighted by Crippen LogP contribution is -2.52. The first-order chi connectivity index (χ1) is 12.8. The predicted octanol–water partition coefficient (Wildman–Crippen LogP) is 2.37. The van der Waals surface area contributed by atoms with Gasteiger partial charge in [-0.25, -0.2) is 4.98 Å². The number of nitrogens with one attached hydrogen (secondary N) is 1. The lowest BCUT2D eigenvalue weighted by molar-refractivity contribution is -0.141. The van der Waals surface area contributed by atoms with Crippen LogP contribution in [0.3, 0.4) is 0 Å². The van der Waals surface area contributed by atoms with Crippen LogP contribution in [-0.2, 0) is 9.53 Å². The fraction of sp³-hybridized carbons (Fsp3) is 0.300. The van der Waals surface area contributed by atoms with E-state index in [4.69, 9.17) is 4.74 Å². The highest BCUT2D eigenvalue weighted by atomic mass is 16.5. The maximum atomic E-state index is 11.7. The number of aromatic nitrogens is 2. The predicted molar refractivity (Wildman–Crippen MR) is 102 cm³/mol. The molecule has 0 aliphatic carbocycles. The SMILES string of the molecule is COC(=O)CC1CNCCN1c1ccc(-n2cnc3ccccc32)cc1. The number of nitrogens with zero attached hydrogens (tertiary/aromatic N) is 3. The van der Waals surface area contributed by atoms with Crippen LogP contribution < -0.4 is 10.2 Å². The Morgan fingerprint density at radius 3 is 2.77 bits per heavy atom. The van der Waals surface area contributed by atoms with Crippen LogP contribution in [0.5, 0.6) is 0 Å². The molecule has 1 aromatic heterocycles. The lowest BCUT2D eigenvalue weighted by atomic mass is 10.1. The van der Waals surface area contributed by atoms with Gasteiger partial charge >= 0.3 is 5.97 Å². The van der Waals surface area contributed by atoms with Crippen molar-refractivity contribution in [2.45, 2.75) is 12.5 Å². The zero-order valence-corrected chi connectivity index (χ0v) is 14.8. The Balaban J connectivity index is 1.59. The Hall–Kier alpha value is -2.86. The molecule has 26 heavy (non-hydrogen) atoms. The van der Waals surface area contributed by atoms with Gasteiger partial charge in [-0.2, -0.15) is 0 Å². The summed E-state index contributed by atoms with van der Waals surface area (Å²) < 4.78 is 6.93. The second-order valence-corrected chi connectivity index (χ2v) is 6.45. The van der Waals surface area contributed by atoms with Crippen molar-refractivity contribution in [3.05, 3.63) is 54.9 Å². The summed E-state index contributed by atoms with van der Waals surface area (Å²) >= 11 is 0. The van der Waals surface area contributed by atoms with Crippen LogP contribution in [0, 0.1) is 0 Å². The number of carbonyl (C=O) groups excluding carboxylic acids is 1. The van der Waals surface area contributed by atoms with Gasteiger partial charge in [0.15, 0.2) is 0 Å². The number of para-hydroxylation sites is 2. The number of methoxy groups -OCH3 is 1. The van der Waals surface area contributed by atoms with Crippen LogP contribution in [0.25, 0.3) is 16.7 Å². The first-order valence-corrected chi connectivity index (χ1v) is 8.83. The molecule has 0 bridgehead atoms. The second-order valence-electron chi connectivity index (χ2n) is 6.45. The van der Waals surface area contributed by atoms with Crippen LogP contribution in [-0.4, -0.2) is 48.3 Å². The molecule has 0 saturated carbocycles. The summed E-state index contributed by atoms with van der Waals surface area (Å²) in [5.74, 6) is -0.176. The fourth-order valence-electron chi connectivity index (χ4n) is 3.53. The van der Waals surface area contributed by atoms with Gasteiger partial charge in [-0.05, 0) is 36.4 Å². The number of hydrogen-bond acceptors (Lipinski definition) is 5. The Morgan fingerprint density at radius 2 is 1.96 bits per heavy atom. The second kappa shape index (κ2) is 7.17. The summed E-state index contributed by atoms with van der Waals surface area (Å²) in [6.45, 7) is 2.56. The summed E-state index contributed by atoms with van der Waals surface area (Å²) in [4.78, 5) is 18.4. The molecule has 2 aromatic carbocycles. The molecule has 4 rings (SSSR count). The molecule has 1 aliphatic rings. The lowest BCUT2D eigenvalue weighted by Gasteiger charge is -2.37. The smallest absolute Gasteiger partial charge is 0.307 e. The van der Waals surface area contributed by atoms with E-state index in [1.165, 1.54) is 7.11 Å². The van der Waals surface area contributed by atoms with Crippen molar-refractivity contribution >= 4 is 22.7 Å². The largest absolute Gasteiger partial charge is 0.469 e. The summed E-state index contributed by atoms with van der Waals surface area (Å²) in [7, 11) is 1.44. The van der Waals surface area contributed by atoms with Crippen molar-refractivity contribution in [2.24, 2.45) is 0 Å². The summed E-state index contributed by atoms with van der Waals surface area (Å²) in [5.41, 5.74) is 4.26. The number of esters is 1. The molecule has 1 fully saturated rings. The summed E-state index contributed by atoms with van der Waals surface area (Å²) in [5, 5.41) is 3.36. The molecule has 134 valence electrons. The Kier molecular flexibility index (Phi) is 4.58. The molecule has 3 aromatic rings. The van der Waals surface area contributed by atoms with Crippen LogP contribution in [0.1, 0.15) is 6.42 Å². The van der Waals surface area contributed by atoms with Gasteiger partial charge in [0.05, 0.1) is 30.6 Å². The molecule has 0 radical (unpaired) electrons. The molecule has 0 spiro atoms. The number of benzene rings is 2. The molecule has 1 unspecified atom stereocenters. The first-order valence-electron chi connectivity index (χ1n) is 8.83. The molecule has 1 saturated heterocycles. The molecule has 6 nitrogen and oxygen atoms in total. The highest BCUT2D eigenvalue weighted by Crippen LogP contribution is 2.24. The summed E-state index contributed by atoms with van der Waals surface area (Å²) in [6, 6.07) is 16.6. The van der Waals surface area contributed by atoms with Gasteiger partial charge in [-0.3, -0.25) is 9.36 Å². The van der Waals surface area contributed by atoms with E-state index < -0.39 is 0 Å². The molecular weight excluding hydrogens is 328 g/mol. The van der Waals surface area contributed by atoms with Gasteiger partial charge < -0.3 is 15.0 Å². The quantitative estimate of drug-likeness (QED) is 0.732. The zero-order chi connectivity index (χ0) is 17.9. The highest BCUT2D eigenvalue weighted by molar-refractivity contribution is 5.77. The van der Waals surface area contributed by atoms with E-state index >= 15 is 0 Å². The number of ether oxygens (including phenoxy) is 1.